The molecule has 6 aromatic carbocycles. The van der Waals surface area contributed by atoms with E-state index in [1.54, 1.807) is 0 Å². The van der Waals surface area contributed by atoms with Crippen LogP contribution in [0.15, 0.2) is 132 Å². The number of nitrogens with zero attached hydrogens (tertiary/aromatic N) is 1. The molecule has 0 N–H and O–H groups in total. The molecule has 0 aliphatic carbocycles. The molecule has 0 atom stereocenters. The van der Waals surface area contributed by atoms with Gasteiger partial charge in [-0.25, -0.2) is 0 Å². The summed E-state index contributed by atoms with van der Waals surface area (Å²) in [7, 11) is 0. The van der Waals surface area contributed by atoms with Crippen molar-refractivity contribution in [2.75, 3.05) is 4.90 Å². The minimum absolute atomic E-state index is 0.257. The van der Waals surface area contributed by atoms with Crippen LogP contribution in [-0.4, -0.2) is 14.5 Å². The van der Waals surface area contributed by atoms with Gasteiger partial charge >= 0.3 is 220 Å². The number of benzene rings is 6. The molecule has 2 nitrogen and oxygen atoms in total. The number of hydrogen-bond donors (Lipinski definition) is 0. The van der Waals surface area contributed by atoms with Gasteiger partial charge in [0.25, 0.3) is 0 Å². The van der Waals surface area contributed by atoms with Crippen LogP contribution >= 0.6 is 0 Å². The van der Waals surface area contributed by atoms with E-state index in [-0.39, 0.29) is 14.5 Å². The maximum absolute atomic E-state index is 6.25. The molecule has 2 aromatic heterocycles. The topological polar surface area (TPSA) is 16.4 Å². The number of anilines is 3. The van der Waals surface area contributed by atoms with Crippen LogP contribution in [0.5, 0.6) is 0 Å². The van der Waals surface area contributed by atoms with Crippen LogP contribution in [0.2, 0.25) is 0 Å². The third-order valence-electron chi connectivity index (χ3n) is 7.24. The number of para-hydroxylation sites is 2. The molecule has 0 unspecified atom stereocenters. The van der Waals surface area contributed by atoms with Crippen LogP contribution in [0.4, 0.5) is 17.1 Å². The van der Waals surface area contributed by atoms with Gasteiger partial charge in [-0.1, -0.05) is 0 Å². The third kappa shape index (κ3) is 3.25. The van der Waals surface area contributed by atoms with Crippen LogP contribution < -0.4 is 4.90 Å². The molecule has 174 valence electrons. The molecule has 37 heavy (non-hydrogen) atoms. The van der Waals surface area contributed by atoms with Gasteiger partial charge < -0.3 is 0 Å². The Morgan fingerprint density at radius 3 is 2.03 bits per heavy atom. The summed E-state index contributed by atoms with van der Waals surface area (Å²) in [6, 6.07) is 45.7. The fraction of sp³-hybridized carbons (Fsp3) is 0. The maximum atomic E-state index is 6.25. The first-order valence-electron chi connectivity index (χ1n) is 12.4. The zero-order chi connectivity index (χ0) is 24.3. The van der Waals surface area contributed by atoms with Gasteiger partial charge in [0.2, 0.25) is 0 Å². The summed E-state index contributed by atoms with van der Waals surface area (Å²) in [5.41, 5.74) is 5.21. The van der Waals surface area contributed by atoms with Gasteiger partial charge in [-0.3, -0.25) is 0 Å². The van der Waals surface area contributed by atoms with Crippen molar-refractivity contribution in [3.63, 3.8) is 0 Å². The predicted octanol–water partition coefficient (Wildman–Crippen LogP) is 9.57. The number of fused-ring (bicyclic) bond motifs is 8. The molecule has 0 amide bonds. The summed E-state index contributed by atoms with van der Waals surface area (Å²) in [6.45, 7) is 0. The van der Waals surface area contributed by atoms with Gasteiger partial charge in [0.05, 0.1) is 0 Å². The molecule has 3 heteroatoms. The summed E-state index contributed by atoms with van der Waals surface area (Å²) in [5, 5.41) is 7.75. The second-order valence-electron chi connectivity index (χ2n) is 9.40. The molecular formula is C34H21NOSe. The second-order valence-corrected chi connectivity index (χ2v) is 11.6. The Labute approximate surface area is 219 Å². The number of hydrogen-bond acceptors (Lipinski definition) is 2. The summed E-state index contributed by atoms with van der Waals surface area (Å²) in [6.07, 6.45) is 0. The zero-order valence-corrected chi connectivity index (χ0v) is 21.6. The monoisotopic (exact) mass is 539 g/mol. The van der Waals surface area contributed by atoms with Crippen molar-refractivity contribution in [2.24, 2.45) is 0 Å². The molecule has 0 aliphatic rings. The summed E-state index contributed by atoms with van der Waals surface area (Å²) in [4.78, 5) is 2.34. The molecule has 2 heterocycles. The van der Waals surface area contributed by atoms with Crippen molar-refractivity contribution >= 4 is 83.6 Å². The van der Waals surface area contributed by atoms with Crippen LogP contribution in [0, 0.1) is 0 Å². The van der Waals surface area contributed by atoms with E-state index < -0.39 is 0 Å². The Kier molecular flexibility index (Phi) is 4.57. The molecule has 8 aromatic rings. The molecule has 8 rings (SSSR count). The standard InChI is InChI=1S/C34H21NOSe/c1-2-9-23(10-3-1)35(24-15-18-28-27-12-6-7-13-31(27)36-32(28)20-24)25-16-19-29-30-17-14-22-8-4-5-11-26(22)34(30)37-33(29)21-25/h1-21H. The molecule has 0 aliphatic heterocycles. The van der Waals surface area contributed by atoms with Gasteiger partial charge in [-0.15, -0.1) is 0 Å². The van der Waals surface area contributed by atoms with E-state index in [4.69, 9.17) is 4.42 Å². The average molecular weight is 539 g/mol. The Hall–Kier alpha value is -4.30. The summed E-state index contributed by atoms with van der Waals surface area (Å²) >= 11 is 0.257. The molecule has 0 saturated heterocycles. The average Bonchev–Trinajstić information content (AvgIpc) is 3.51. The fourth-order valence-electron chi connectivity index (χ4n) is 5.51. The first-order chi connectivity index (χ1) is 18.3. The van der Waals surface area contributed by atoms with Crippen molar-refractivity contribution < 1.29 is 4.42 Å². The molecular weight excluding hydrogens is 517 g/mol. The van der Waals surface area contributed by atoms with Gasteiger partial charge in [0, 0.05) is 0 Å². The predicted molar refractivity (Wildman–Crippen MR) is 158 cm³/mol. The van der Waals surface area contributed by atoms with E-state index in [0.29, 0.717) is 0 Å². The molecule has 0 bridgehead atoms. The molecule has 0 saturated carbocycles. The van der Waals surface area contributed by atoms with Gasteiger partial charge in [-0.05, 0) is 0 Å². The van der Waals surface area contributed by atoms with Crippen LogP contribution in [0.1, 0.15) is 0 Å². The molecule has 0 fully saturated rings. The van der Waals surface area contributed by atoms with E-state index in [2.05, 4.69) is 120 Å². The first-order valence-corrected chi connectivity index (χ1v) is 14.2. The van der Waals surface area contributed by atoms with Crippen molar-refractivity contribution in [3.05, 3.63) is 127 Å². The molecule has 0 radical (unpaired) electrons. The fourth-order valence-corrected chi connectivity index (χ4v) is 8.18. The van der Waals surface area contributed by atoms with E-state index in [1.165, 1.54) is 35.8 Å². The number of rotatable bonds is 3. The Bertz CT molecular complexity index is 2100. The normalized spacial score (nSPS) is 11.8. The van der Waals surface area contributed by atoms with E-state index >= 15 is 0 Å². The van der Waals surface area contributed by atoms with Crippen LogP contribution in [0.25, 0.3) is 52.0 Å². The van der Waals surface area contributed by atoms with Gasteiger partial charge in [-0.2, -0.15) is 0 Å². The SMILES string of the molecule is c1ccc(N(c2ccc3c(c2)oc2ccccc23)c2ccc3c(c2)[se]c2c4ccccc4ccc32)cc1. The quantitative estimate of drug-likeness (QED) is 0.208. The molecule has 0 spiro atoms. The van der Waals surface area contributed by atoms with Crippen molar-refractivity contribution in [1.29, 1.82) is 0 Å². The van der Waals surface area contributed by atoms with Crippen molar-refractivity contribution in [1.82, 2.24) is 0 Å². The van der Waals surface area contributed by atoms with Crippen LogP contribution in [-0.2, 0) is 0 Å². The van der Waals surface area contributed by atoms with Crippen LogP contribution in [0.3, 0.4) is 0 Å². The third-order valence-corrected chi connectivity index (χ3v) is 9.76. The minimum atomic E-state index is 0.257. The Morgan fingerprint density at radius 1 is 0.459 bits per heavy atom. The summed E-state index contributed by atoms with van der Waals surface area (Å²) in [5.74, 6) is 0. The van der Waals surface area contributed by atoms with Crippen molar-refractivity contribution in [3.8, 4) is 0 Å². The van der Waals surface area contributed by atoms with Gasteiger partial charge in [0.1, 0.15) is 0 Å². The van der Waals surface area contributed by atoms with Gasteiger partial charge in [0.15, 0.2) is 0 Å². The van der Waals surface area contributed by atoms with E-state index in [1.807, 2.05) is 12.1 Å². The zero-order valence-electron chi connectivity index (χ0n) is 19.9. The van der Waals surface area contributed by atoms with E-state index in [9.17, 15) is 0 Å². The van der Waals surface area contributed by atoms with E-state index in [0.717, 1.165) is 33.3 Å². The Balaban J connectivity index is 1.35. The second kappa shape index (κ2) is 8.11. The summed E-state index contributed by atoms with van der Waals surface area (Å²) < 4.78 is 9.17. The van der Waals surface area contributed by atoms with Crippen molar-refractivity contribution in [2.45, 2.75) is 0 Å². The first kappa shape index (κ1) is 20.8. The Morgan fingerprint density at radius 2 is 1.14 bits per heavy atom. The number of furan rings is 1.